The Morgan fingerprint density at radius 2 is 2.05 bits per heavy atom. The molecule has 1 rings (SSSR count). The van der Waals surface area contributed by atoms with Crippen molar-refractivity contribution in [3.8, 4) is 0 Å². The van der Waals surface area contributed by atoms with Gasteiger partial charge in [-0.1, -0.05) is 26.2 Å². The molecule has 0 spiro atoms. The second-order valence-electron chi connectivity index (χ2n) is 4.95. The van der Waals surface area contributed by atoms with E-state index in [1.165, 1.54) is 12.1 Å². The molecule has 118 valence electrons. The molecule has 1 unspecified atom stereocenters. The molecule has 1 aromatic carbocycles. The second-order valence-corrected chi connectivity index (χ2v) is 8.34. The summed E-state index contributed by atoms with van der Waals surface area (Å²) in [6.45, 7) is 4.06. The van der Waals surface area contributed by atoms with Crippen molar-refractivity contribution in [3.63, 3.8) is 0 Å². The highest BCUT2D eigenvalue weighted by atomic mass is 79.9. The molecule has 1 amide bonds. The highest BCUT2D eigenvalue weighted by Crippen LogP contribution is 2.26. The highest BCUT2D eigenvalue weighted by Gasteiger charge is 2.18. The lowest BCUT2D eigenvalue weighted by molar-refractivity contribution is 0.0937. The summed E-state index contributed by atoms with van der Waals surface area (Å²) in [7, 11) is 1.45. The van der Waals surface area contributed by atoms with Crippen LogP contribution in [0.15, 0.2) is 27.6 Å². The first-order valence-corrected chi connectivity index (χ1v) is 9.91. The molecular formula is C14H19BrClNO3S. The van der Waals surface area contributed by atoms with E-state index < -0.39 is 9.05 Å². The van der Waals surface area contributed by atoms with Crippen LogP contribution >= 0.6 is 26.6 Å². The molecule has 1 N–H and O–H groups in total. The van der Waals surface area contributed by atoms with Crippen LogP contribution in [0.2, 0.25) is 0 Å². The van der Waals surface area contributed by atoms with E-state index in [0.29, 0.717) is 4.47 Å². The number of rotatable bonds is 7. The topological polar surface area (TPSA) is 63.2 Å². The predicted molar refractivity (Wildman–Crippen MR) is 88.3 cm³/mol. The van der Waals surface area contributed by atoms with Crippen LogP contribution in [0.4, 0.5) is 0 Å². The van der Waals surface area contributed by atoms with Gasteiger partial charge in [0.25, 0.3) is 15.0 Å². The van der Waals surface area contributed by atoms with Crippen molar-refractivity contribution in [3.05, 3.63) is 28.2 Å². The Hall–Kier alpha value is -0.590. The fourth-order valence-electron chi connectivity index (χ4n) is 1.91. The summed E-state index contributed by atoms with van der Waals surface area (Å²) < 4.78 is 23.2. The molecule has 21 heavy (non-hydrogen) atoms. The minimum atomic E-state index is -3.89. The first-order valence-electron chi connectivity index (χ1n) is 6.80. The van der Waals surface area contributed by atoms with Crippen LogP contribution in [0.3, 0.4) is 0 Å². The number of carbonyl (C=O) groups is 1. The van der Waals surface area contributed by atoms with Gasteiger partial charge in [-0.2, -0.15) is 0 Å². The summed E-state index contributed by atoms with van der Waals surface area (Å²) in [4.78, 5) is 12.0. The van der Waals surface area contributed by atoms with Crippen molar-refractivity contribution in [2.45, 2.75) is 50.5 Å². The fraction of sp³-hybridized carbons (Fsp3) is 0.500. The van der Waals surface area contributed by atoms with E-state index in [-0.39, 0.29) is 22.4 Å². The van der Waals surface area contributed by atoms with Gasteiger partial charge in [-0.3, -0.25) is 4.79 Å². The van der Waals surface area contributed by atoms with E-state index in [1.807, 2.05) is 6.92 Å². The number of nitrogens with one attached hydrogen (secondary N) is 1. The zero-order valence-corrected chi connectivity index (χ0v) is 15.2. The third-order valence-electron chi connectivity index (χ3n) is 3.07. The summed E-state index contributed by atoms with van der Waals surface area (Å²) in [6, 6.07) is 4.39. The molecule has 7 heteroatoms. The largest absolute Gasteiger partial charge is 0.350 e. The summed E-state index contributed by atoms with van der Waals surface area (Å²) in [5, 5.41) is 2.86. The van der Waals surface area contributed by atoms with Gasteiger partial charge >= 0.3 is 0 Å². The standard InChI is InChI=1S/C14H19BrClNO3S/c1-3-4-5-6-10(2)17-14(18)11-7-8-12(15)13(9-11)21(16,19)20/h7-10H,3-6H2,1-2H3,(H,17,18). The van der Waals surface area contributed by atoms with Gasteiger partial charge in [0.15, 0.2) is 0 Å². The molecule has 0 saturated carbocycles. The average Bonchev–Trinajstić information content (AvgIpc) is 2.38. The van der Waals surface area contributed by atoms with Crippen LogP contribution in [0.5, 0.6) is 0 Å². The van der Waals surface area contributed by atoms with Crippen molar-refractivity contribution in [1.82, 2.24) is 5.32 Å². The Morgan fingerprint density at radius 3 is 2.62 bits per heavy atom. The van der Waals surface area contributed by atoms with E-state index in [4.69, 9.17) is 10.7 Å². The Labute approximate surface area is 138 Å². The first-order chi connectivity index (χ1) is 9.75. The fourth-order valence-corrected chi connectivity index (χ4v) is 4.03. The molecule has 0 aliphatic carbocycles. The smallest absolute Gasteiger partial charge is 0.262 e. The maximum atomic E-state index is 12.1. The quantitative estimate of drug-likeness (QED) is 0.558. The van der Waals surface area contributed by atoms with Gasteiger partial charge in [0, 0.05) is 26.8 Å². The average molecular weight is 397 g/mol. The number of hydrogen-bond acceptors (Lipinski definition) is 3. The number of carbonyl (C=O) groups excluding carboxylic acids is 1. The molecule has 0 saturated heterocycles. The number of benzene rings is 1. The van der Waals surface area contributed by atoms with Crippen molar-refractivity contribution in [2.24, 2.45) is 0 Å². The molecule has 1 atom stereocenters. The van der Waals surface area contributed by atoms with E-state index >= 15 is 0 Å². The molecule has 0 bridgehead atoms. The Kier molecular flexibility index (Phi) is 7.16. The third-order valence-corrected chi connectivity index (χ3v) is 5.39. The zero-order valence-electron chi connectivity index (χ0n) is 12.0. The minimum Gasteiger partial charge on any atom is -0.350 e. The summed E-state index contributed by atoms with van der Waals surface area (Å²) >= 11 is 3.11. The van der Waals surface area contributed by atoms with Gasteiger partial charge in [0.2, 0.25) is 0 Å². The van der Waals surface area contributed by atoms with Crippen molar-refractivity contribution in [2.75, 3.05) is 0 Å². The molecular weight excluding hydrogens is 378 g/mol. The number of halogens is 2. The van der Waals surface area contributed by atoms with Crippen LogP contribution in [-0.4, -0.2) is 20.4 Å². The Morgan fingerprint density at radius 1 is 1.38 bits per heavy atom. The molecule has 1 aromatic rings. The minimum absolute atomic E-state index is 0.0451. The molecule has 0 aliphatic heterocycles. The predicted octanol–water partition coefficient (Wildman–Crippen LogP) is 4.08. The summed E-state index contributed by atoms with van der Waals surface area (Å²) in [5.41, 5.74) is 0.278. The maximum absolute atomic E-state index is 12.1. The van der Waals surface area contributed by atoms with Crippen LogP contribution in [0, 0.1) is 0 Å². The lowest BCUT2D eigenvalue weighted by Gasteiger charge is -2.14. The van der Waals surface area contributed by atoms with Gasteiger partial charge in [-0.15, -0.1) is 0 Å². The monoisotopic (exact) mass is 395 g/mol. The van der Waals surface area contributed by atoms with Crippen LogP contribution in [0.1, 0.15) is 49.9 Å². The van der Waals surface area contributed by atoms with Crippen molar-refractivity contribution >= 4 is 41.6 Å². The van der Waals surface area contributed by atoms with E-state index in [0.717, 1.165) is 25.7 Å². The summed E-state index contributed by atoms with van der Waals surface area (Å²) in [6.07, 6.45) is 4.22. The van der Waals surface area contributed by atoms with Crippen molar-refractivity contribution in [1.29, 1.82) is 0 Å². The SMILES string of the molecule is CCCCCC(C)NC(=O)c1ccc(Br)c(S(=O)(=O)Cl)c1. The van der Waals surface area contributed by atoms with Gasteiger partial charge in [0.05, 0.1) is 4.90 Å². The summed E-state index contributed by atoms with van der Waals surface area (Å²) in [5.74, 6) is -0.298. The number of unbranched alkanes of at least 4 members (excludes halogenated alkanes) is 2. The van der Waals surface area contributed by atoms with Crippen LogP contribution < -0.4 is 5.32 Å². The van der Waals surface area contributed by atoms with Gasteiger partial charge in [-0.05, 0) is 47.5 Å². The number of hydrogen-bond donors (Lipinski definition) is 1. The number of amides is 1. The van der Waals surface area contributed by atoms with E-state index in [9.17, 15) is 13.2 Å². The van der Waals surface area contributed by atoms with Crippen LogP contribution in [0.25, 0.3) is 0 Å². The lowest BCUT2D eigenvalue weighted by Crippen LogP contribution is -2.32. The molecule has 0 heterocycles. The maximum Gasteiger partial charge on any atom is 0.262 e. The van der Waals surface area contributed by atoms with Crippen molar-refractivity contribution < 1.29 is 13.2 Å². The first kappa shape index (κ1) is 18.5. The normalized spacial score (nSPS) is 13.0. The zero-order chi connectivity index (χ0) is 16.0. The van der Waals surface area contributed by atoms with E-state index in [1.54, 1.807) is 6.07 Å². The molecule has 0 fully saturated rings. The third kappa shape index (κ3) is 5.96. The Balaban J connectivity index is 2.80. The Bertz CT molecular complexity index is 604. The molecule has 0 aliphatic rings. The lowest BCUT2D eigenvalue weighted by atomic mass is 10.1. The van der Waals surface area contributed by atoms with E-state index in [2.05, 4.69) is 28.2 Å². The molecule has 0 aromatic heterocycles. The van der Waals surface area contributed by atoms with Gasteiger partial charge in [0.1, 0.15) is 0 Å². The molecule has 4 nitrogen and oxygen atoms in total. The van der Waals surface area contributed by atoms with Gasteiger partial charge < -0.3 is 5.32 Å². The second kappa shape index (κ2) is 8.15. The molecule has 0 radical (unpaired) electrons. The highest BCUT2D eigenvalue weighted by molar-refractivity contribution is 9.10. The van der Waals surface area contributed by atoms with Gasteiger partial charge in [-0.25, -0.2) is 8.42 Å². The van der Waals surface area contributed by atoms with Crippen LogP contribution in [-0.2, 0) is 9.05 Å².